The highest BCUT2D eigenvalue weighted by Gasteiger charge is 2.48. The first-order chi connectivity index (χ1) is 12.8. The van der Waals surface area contributed by atoms with E-state index in [2.05, 4.69) is 0 Å². The molecule has 1 aliphatic carbocycles. The summed E-state index contributed by atoms with van der Waals surface area (Å²) in [5.74, 6) is 0.322. The standard InChI is InChI=1S/C21H24BNO4/c1-21(2,25)19(14-6-7-14)23-12-15-4-3-5-17(18(15)20(23)24)13-8-10-16(11-9-13)22(26)27/h3-5,8-11,14,19,25-27H,6-7,12H2,1-2H3/t19-/m1/s1. The molecule has 1 heterocycles. The molecule has 1 aliphatic heterocycles. The van der Waals surface area contributed by atoms with E-state index in [9.17, 15) is 19.9 Å². The van der Waals surface area contributed by atoms with Gasteiger partial charge in [0.1, 0.15) is 0 Å². The molecule has 6 heteroatoms. The highest BCUT2D eigenvalue weighted by Crippen LogP contribution is 2.44. The van der Waals surface area contributed by atoms with Gasteiger partial charge in [-0.1, -0.05) is 42.5 Å². The van der Waals surface area contributed by atoms with Crippen LogP contribution in [0.3, 0.4) is 0 Å². The fourth-order valence-corrected chi connectivity index (χ4v) is 4.31. The summed E-state index contributed by atoms with van der Waals surface area (Å²) in [5.41, 5.74) is 2.82. The van der Waals surface area contributed by atoms with Gasteiger partial charge in [0.2, 0.25) is 0 Å². The van der Waals surface area contributed by atoms with Crippen LogP contribution in [0, 0.1) is 5.92 Å². The first-order valence-corrected chi connectivity index (χ1v) is 9.39. The van der Waals surface area contributed by atoms with Gasteiger partial charge in [-0.15, -0.1) is 0 Å². The molecule has 0 saturated heterocycles. The minimum Gasteiger partial charge on any atom is -0.423 e. The van der Waals surface area contributed by atoms with E-state index in [1.165, 1.54) is 0 Å². The Morgan fingerprint density at radius 3 is 2.33 bits per heavy atom. The molecule has 4 rings (SSSR count). The molecule has 0 spiro atoms. The predicted octanol–water partition coefficient (Wildman–Crippen LogP) is 1.54. The van der Waals surface area contributed by atoms with Crippen LogP contribution in [0.15, 0.2) is 42.5 Å². The van der Waals surface area contributed by atoms with Gasteiger partial charge in [0.15, 0.2) is 0 Å². The molecule has 27 heavy (non-hydrogen) atoms. The Labute approximate surface area is 159 Å². The van der Waals surface area contributed by atoms with E-state index in [0.29, 0.717) is 23.5 Å². The van der Waals surface area contributed by atoms with Crippen LogP contribution in [0.4, 0.5) is 0 Å². The highest BCUT2D eigenvalue weighted by atomic mass is 16.4. The van der Waals surface area contributed by atoms with Crippen molar-refractivity contribution >= 4 is 18.5 Å². The number of carbonyl (C=O) groups excluding carboxylic acids is 1. The highest BCUT2D eigenvalue weighted by molar-refractivity contribution is 6.58. The van der Waals surface area contributed by atoms with Crippen LogP contribution in [0.25, 0.3) is 11.1 Å². The van der Waals surface area contributed by atoms with E-state index < -0.39 is 12.7 Å². The molecule has 2 aliphatic rings. The summed E-state index contributed by atoms with van der Waals surface area (Å²) >= 11 is 0. The van der Waals surface area contributed by atoms with Crippen LogP contribution in [-0.2, 0) is 6.54 Å². The largest absolute Gasteiger partial charge is 0.488 e. The van der Waals surface area contributed by atoms with Gasteiger partial charge in [-0.05, 0) is 54.8 Å². The second-order valence-corrected chi connectivity index (χ2v) is 8.20. The summed E-state index contributed by atoms with van der Waals surface area (Å²) < 4.78 is 0. The van der Waals surface area contributed by atoms with E-state index in [0.717, 1.165) is 29.5 Å². The second-order valence-electron chi connectivity index (χ2n) is 8.20. The molecule has 3 N–H and O–H groups in total. The van der Waals surface area contributed by atoms with Gasteiger partial charge >= 0.3 is 7.12 Å². The lowest BCUT2D eigenvalue weighted by atomic mass is 9.79. The summed E-state index contributed by atoms with van der Waals surface area (Å²) in [4.78, 5) is 15.2. The molecule has 0 unspecified atom stereocenters. The number of rotatable bonds is 5. The number of hydrogen-bond acceptors (Lipinski definition) is 4. The summed E-state index contributed by atoms with van der Waals surface area (Å²) in [6.07, 6.45) is 2.10. The monoisotopic (exact) mass is 365 g/mol. The topological polar surface area (TPSA) is 81.0 Å². The van der Waals surface area contributed by atoms with Crippen LogP contribution >= 0.6 is 0 Å². The van der Waals surface area contributed by atoms with E-state index in [1.54, 1.807) is 38.1 Å². The van der Waals surface area contributed by atoms with Crippen molar-refractivity contribution in [1.82, 2.24) is 4.90 Å². The van der Waals surface area contributed by atoms with Gasteiger partial charge in [0, 0.05) is 6.54 Å². The SMILES string of the molecule is CC(C)(O)[C@@H](C1CC1)N1Cc2cccc(-c3ccc(B(O)O)cc3)c2C1=O. The van der Waals surface area contributed by atoms with Gasteiger partial charge in [-0.2, -0.15) is 0 Å². The Bertz CT molecular complexity index is 869. The molecular weight excluding hydrogens is 341 g/mol. The predicted molar refractivity (Wildman–Crippen MR) is 104 cm³/mol. The molecule has 1 atom stereocenters. The Morgan fingerprint density at radius 1 is 1.11 bits per heavy atom. The molecular formula is C21H24BNO4. The lowest BCUT2D eigenvalue weighted by Crippen LogP contribution is -2.51. The molecule has 1 fully saturated rings. The quantitative estimate of drug-likeness (QED) is 0.703. The molecule has 5 nitrogen and oxygen atoms in total. The van der Waals surface area contributed by atoms with Crippen LogP contribution in [-0.4, -0.2) is 44.7 Å². The summed E-state index contributed by atoms with van der Waals surface area (Å²) in [7, 11) is -1.51. The number of carbonyl (C=O) groups is 1. The third kappa shape index (κ3) is 3.29. The van der Waals surface area contributed by atoms with Crippen molar-refractivity contribution in [3.05, 3.63) is 53.6 Å². The third-order valence-corrected chi connectivity index (χ3v) is 5.61. The third-order valence-electron chi connectivity index (χ3n) is 5.61. The van der Waals surface area contributed by atoms with Gasteiger partial charge in [0.05, 0.1) is 17.2 Å². The van der Waals surface area contributed by atoms with Gasteiger partial charge in [-0.25, -0.2) is 0 Å². The van der Waals surface area contributed by atoms with Crippen LogP contribution in [0.2, 0.25) is 0 Å². The Balaban J connectivity index is 1.71. The minimum absolute atomic E-state index is 0.0362. The van der Waals surface area contributed by atoms with Crippen LogP contribution < -0.4 is 5.46 Å². The number of hydrogen-bond donors (Lipinski definition) is 3. The van der Waals surface area contributed by atoms with Crippen molar-refractivity contribution in [2.75, 3.05) is 0 Å². The van der Waals surface area contributed by atoms with Crippen molar-refractivity contribution in [2.45, 2.75) is 44.9 Å². The summed E-state index contributed by atoms with van der Waals surface area (Å²) in [5, 5.41) is 29.2. The van der Waals surface area contributed by atoms with Crippen LogP contribution in [0.5, 0.6) is 0 Å². The van der Waals surface area contributed by atoms with Gasteiger partial charge in [-0.3, -0.25) is 4.79 Å². The maximum absolute atomic E-state index is 13.3. The Hall–Kier alpha value is -2.15. The van der Waals surface area contributed by atoms with Gasteiger partial charge < -0.3 is 20.1 Å². The molecule has 2 aromatic carbocycles. The first-order valence-electron chi connectivity index (χ1n) is 9.39. The second kappa shape index (κ2) is 6.48. The zero-order valence-electron chi connectivity index (χ0n) is 15.6. The number of benzene rings is 2. The Morgan fingerprint density at radius 2 is 1.78 bits per heavy atom. The molecule has 1 saturated carbocycles. The zero-order valence-corrected chi connectivity index (χ0v) is 15.6. The molecule has 2 aromatic rings. The lowest BCUT2D eigenvalue weighted by molar-refractivity contribution is -0.0224. The van der Waals surface area contributed by atoms with E-state index >= 15 is 0 Å². The van der Waals surface area contributed by atoms with E-state index in [-0.39, 0.29) is 11.9 Å². The first kappa shape index (κ1) is 18.2. The van der Waals surface area contributed by atoms with E-state index in [4.69, 9.17) is 0 Å². The molecule has 0 aromatic heterocycles. The number of nitrogens with zero attached hydrogens (tertiary/aromatic N) is 1. The molecule has 140 valence electrons. The van der Waals surface area contributed by atoms with Crippen molar-refractivity contribution in [2.24, 2.45) is 5.92 Å². The average Bonchev–Trinajstić information content (AvgIpc) is 3.38. The van der Waals surface area contributed by atoms with Crippen molar-refractivity contribution in [3.8, 4) is 11.1 Å². The number of fused-ring (bicyclic) bond motifs is 1. The van der Waals surface area contributed by atoms with E-state index in [1.807, 2.05) is 23.1 Å². The fraction of sp³-hybridized carbons (Fsp3) is 0.381. The number of amides is 1. The maximum atomic E-state index is 13.3. The summed E-state index contributed by atoms with van der Waals surface area (Å²) in [6, 6.07) is 12.6. The van der Waals surface area contributed by atoms with Crippen molar-refractivity contribution in [1.29, 1.82) is 0 Å². The van der Waals surface area contributed by atoms with Crippen molar-refractivity contribution in [3.63, 3.8) is 0 Å². The zero-order chi connectivity index (χ0) is 19.3. The molecule has 1 amide bonds. The normalized spacial score (nSPS) is 17.8. The van der Waals surface area contributed by atoms with Crippen LogP contribution in [0.1, 0.15) is 42.6 Å². The minimum atomic E-state index is -1.51. The number of aliphatic hydroxyl groups is 1. The Kier molecular flexibility index (Phi) is 4.37. The van der Waals surface area contributed by atoms with Crippen molar-refractivity contribution < 1.29 is 19.9 Å². The summed E-state index contributed by atoms with van der Waals surface area (Å²) in [6.45, 7) is 4.08. The average molecular weight is 365 g/mol. The molecule has 0 radical (unpaired) electrons. The van der Waals surface area contributed by atoms with Gasteiger partial charge in [0.25, 0.3) is 5.91 Å². The fourth-order valence-electron chi connectivity index (χ4n) is 4.31. The molecule has 0 bridgehead atoms. The smallest absolute Gasteiger partial charge is 0.423 e. The maximum Gasteiger partial charge on any atom is 0.488 e. The lowest BCUT2D eigenvalue weighted by Gasteiger charge is -2.37.